The summed E-state index contributed by atoms with van der Waals surface area (Å²) in [5.74, 6) is 1.68. The molecule has 6 aromatic rings. The maximum Gasteiger partial charge on any atom is 0.319 e. The number of anilines is 1. The number of likely N-dealkylation sites (tertiary alicyclic amines) is 1. The molecule has 314 valence electrons. The van der Waals surface area contributed by atoms with Gasteiger partial charge in [0, 0.05) is 65.2 Å². The van der Waals surface area contributed by atoms with Crippen LogP contribution in [0.2, 0.25) is 5.02 Å². The third-order valence-electron chi connectivity index (χ3n) is 10.2. The number of aromatic nitrogens is 5. The van der Waals surface area contributed by atoms with E-state index in [1.165, 1.54) is 56.9 Å². The second-order valence-electron chi connectivity index (χ2n) is 14.0. The number of alkyl halides is 4. The number of fused-ring (bicyclic) bond motifs is 2. The van der Waals surface area contributed by atoms with E-state index in [1.54, 1.807) is 37.3 Å². The molecule has 0 bridgehead atoms. The molecular formula is C41H34ClF4N9O4S2. The second-order valence-corrected chi connectivity index (χ2v) is 17.0. The lowest BCUT2D eigenvalue weighted by Crippen LogP contribution is -2.49. The molecular weight excluding hydrogens is 858 g/mol. The van der Waals surface area contributed by atoms with Crippen LogP contribution in [0.5, 0.6) is 0 Å². The summed E-state index contributed by atoms with van der Waals surface area (Å²) in [6, 6.07) is 12.9. The van der Waals surface area contributed by atoms with Gasteiger partial charge in [-0.25, -0.2) is 28.5 Å². The molecule has 0 aliphatic carbocycles. The maximum absolute atomic E-state index is 14.2. The van der Waals surface area contributed by atoms with Gasteiger partial charge in [-0.05, 0) is 63.1 Å². The number of aryl methyl sites for hydroxylation is 1. The average Bonchev–Trinajstić information content (AvgIpc) is 3.68. The number of carbonyl (C=O) groups is 1. The Kier molecular flexibility index (Phi) is 12.4. The largest absolute Gasteiger partial charge is 0.353 e. The van der Waals surface area contributed by atoms with Crippen molar-refractivity contribution in [3.8, 4) is 29.0 Å². The molecule has 0 saturated carbocycles. The fourth-order valence-corrected chi connectivity index (χ4v) is 9.38. The molecule has 1 saturated heterocycles. The molecule has 5 aromatic heterocycles. The van der Waals surface area contributed by atoms with E-state index in [2.05, 4.69) is 37.8 Å². The van der Waals surface area contributed by atoms with Crippen molar-refractivity contribution >= 4 is 65.8 Å². The number of thiophene rings is 1. The molecule has 1 N–H and O–H groups in total. The number of carbonyl (C=O) groups excluding carboxylic acids is 1. The van der Waals surface area contributed by atoms with E-state index >= 15 is 0 Å². The smallest absolute Gasteiger partial charge is 0.319 e. The fourth-order valence-electron chi connectivity index (χ4n) is 7.26. The molecule has 61 heavy (non-hydrogen) atoms. The Balaban J connectivity index is 1.17. The van der Waals surface area contributed by atoms with Crippen molar-refractivity contribution in [3.05, 3.63) is 104 Å². The number of sulfonamides is 1. The highest BCUT2D eigenvalue weighted by Gasteiger charge is 2.43. The summed E-state index contributed by atoms with van der Waals surface area (Å²) in [6.45, 7) is 2.91. The lowest BCUT2D eigenvalue weighted by atomic mass is 10.00. The SMILES string of the molecule is CCN(c1ncc2nc(C)n(CC#Cc3ccc(Cl)cc3-c3ccnc4c(C(=O)NS(=O)(=O)c5ccccn5)csc34)c(=O)c2c1C#N)C1CCN(CC(F)(F)C(F)F)CC1. The van der Waals surface area contributed by atoms with Gasteiger partial charge in [0.25, 0.3) is 21.5 Å². The minimum absolute atomic E-state index is 0.00903. The third kappa shape index (κ3) is 8.78. The molecule has 1 aliphatic heterocycles. The number of rotatable bonds is 11. The van der Waals surface area contributed by atoms with Gasteiger partial charge >= 0.3 is 12.3 Å². The van der Waals surface area contributed by atoms with Crippen LogP contribution in [0.4, 0.5) is 23.4 Å². The Hall–Kier alpha value is -5.99. The third-order valence-corrected chi connectivity index (χ3v) is 12.7. The number of nitriles is 1. The van der Waals surface area contributed by atoms with Gasteiger partial charge in [0.2, 0.25) is 0 Å². The molecule has 1 amide bonds. The Bertz CT molecular complexity index is 2940. The highest BCUT2D eigenvalue weighted by Crippen LogP contribution is 2.37. The minimum Gasteiger partial charge on any atom is -0.353 e. The lowest BCUT2D eigenvalue weighted by Gasteiger charge is -2.39. The summed E-state index contributed by atoms with van der Waals surface area (Å²) in [5.41, 5.74) is 1.66. The molecule has 1 aromatic carbocycles. The first-order chi connectivity index (χ1) is 29.1. The number of hydrogen-bond donors (Lipinski definition) is 1. The van der Waals surface area contributed by atoms with Crippen molar-refractivity contribution in [1.82, 2.24) is 34.1 Å². The normalized spacial score (nSPS) is 13.9. The predicted octanol–water partition coefficient (Wildman–Crippen LogP) is 6.66. The molecule has 0 radical (unpaired) electrons. The number of halogens is 5. The number of pyridine rings is 3. The van der Waals surface area contributed by atoms with Crippen molar-refractivity contribution < 1.29 is 30.8 Å². The highest BCUT2D eigenvalue weighted by atomic mass is 35.5. The first kappa shape index (κ1) is 43.1. The van der Waals surface area contributed by atoms with Crippen LogP contribution in [0.15, 0.2) is 76.3 Å². The van der Waals surface area contributed by atoms with Crippen molar-refractivity contribution in [2.45, 2.75) is 56.6 Å². The van der Waals surface area contributed by atoms with Gasteiger partial charge in [0.15, 0.2) is 5.03 Å². The quantitative estimate of drug-likeness (QED) is 0.109. The summed E-state index contributed by atoms with van der Waals surface area (Å²) >= 11 is 7.63. The standard InChI is InChI=1S/C41H34ClF4N9O4S2/c1-3-54(27-12-17-53(18-13-27)23-41(45,46)40(43)44)37-30(20-47)34-32(21-50-37)51-24(2)55(39(34)57)16-6-7-25-9-10-26(42)19-29(25)28-11-15-49-35-31(22-60-36(28)35)38(56)52-61(58,59)33-8-4-5-14-48-33/h4-5,8-11,14-15,19,21-22,27,40H,3,12-13,16-18,23H2,1-2H3,(H,52,56). The van der Waals surface area contributed by atoms with Gasteiger partial charge < -0.3 is 4.90 Å². The zero-order chi connectivity index (χ0) is 43.6. The van der Waals surface area contributed by atoms with E-state index in [1.807, 2.05) is 16.5 Å². The van der Waals surface area contributed by atoms with Crippen LogP contribution in [0, 0.1) is 30.1 Å². The van der Waals surface area contributed by atoms with Gasteiger partial charge in [-0.15, -0.1) is 11.3 Å². The molecule has 7 rings (SSSR count). The summed E-state index contributed by atoms with van der Waals surface area (Å²) in [7, 11) is -4.26. The van der Waals surface area contributed by atoms with Gasteiger partial charge in [-0.2, -0.15) is 22.5 Å². The van der Waals surface area contributed by atoms with Crippen LogP contribution in [0.3, 0.4) is 0 Å². The predicted molar refractivity (Wildman–Crippen MR) is 223 cm³/mol. The van der Waals surface area contributed by atoms with E-state index in [4.69, 9.17) is 11.6 Å². The number of benzene rings is 1. The lowest BCUT2D eigenvalue weighted by molar-refractivity contribution is -0.143. The molecule has 0 spiro atoms. The van der Waals surface area contributed by atoms with Crippen LogP contribution in [0.25, 0.3) is 32.2 Å². The van der Waals surface area contributed by atoms with Crippen LogP contribution in [-0.2, 0) is 16.6 Å². The highest BCUT2D eigenvalue weighted by molar-refractivity contribution is 7.90. The van der Waals surface area contributed by atoms with E-state index in [0.29, 0.717) is 51.6 Å². The van der Waals surface area contributed by atoms with E-state index < -0.39 is 40.4 Å². The number of nitrogens with zero attached hydrogens (tertiary/aromatic N) is 8. The zero-order valence-electron chi connectivity index (χ0n) is 32.4. The fraction of sp³-hybridized carbons (Fsp3) is 0.293. The molecule has 13 nitrogen and oxygen atoms in total. The van der Waals surface area contributed by atoms with Crippen molar-refractivity contribution in [3.63, 3.8) is 0 Å². The topological polar surface area (TPSA) is 167 Å². The first-order valence-electron chi connectivity index (χ1n) is 18.7. The van der Waals surface area contributed by atoms with Crippen LogP contribution in [-0.4, -0.2) is 88.3 Å². The maximum atomic E-state index is 14.2. The Morgan fingerprint density at radius 3 is 2.57 bits per heavy atom. The second kappa shape index (κ2) is 17.5. The van der Waals surface area contributed by atoms with E-state index in [0.717, 1.165) is 0 Å². The van der Waals surface area contributed by atoms with E-state index in [9.17, 15) is 40.8 Å². The summed E-state index contributed by atoms with van der Waals surface area (Å²) in [5, 5.41) is 12.0. The van der Waals surface area contributed by atoms with Crippen molar-refractivity contribution in [2.24, 2.45) is 0 Å². The van der Waals surface area contributed by atoms with Gasteiger partial charge in [-0.3, -0.25) is 24.0 Å². The van der Waals surface area contributed by atoms with Gasteiger partial charge in [-0.1, -0.05) is 29.5 Å². The molecule has 1 fully saturated rings. The summed E-state index contributed by atoms with van der Waals surface area (Å²) < 4.78 is 82.8. The number of hydrogen-bond acceptors (Lipinski definition) is 12. The van der Waals surface area contributed by atoms with E-state index in [-0.39, 0.29) is 64.1 Å². The number of amides is 1. The van der Waals surface area contributed by atoms with Crippen LogP contribution >= 0.6 is 22.9 Å². The minimum atomic E-state index is -4.26. The van der Waals surface area contributed by atoms with Crippen molar-refractivity contribution in [2.75, 3.05) is 31.1 Å². The molecule has 20 heteroatoms. The first-order valence-corrected chi connectivity index (χ1v) is 21.5. The molecule has 6 heterocycles. The molecule has 0 atom stereocenters. The molecule has 1 aliphatic rings. The summed E-state index contributed by atoms with van der Waals surface area (Å²) in [6.07, 6.45) is 1.12. The van der Waals surface area contributed by atoms with Gasteiger partial charge in [0.05, 0.1) is 46.0 Å². The average molecular weight is 892 g/mol. The number of piperidine rings is 1. The van der Waals surface area contributed by atoms with Crippen LogP contribution < -0.4 is 15.2 Å². The van der Waals surface area contributed by atoms with Crippen molar-refractivity contribution in [1.29, 1.82) is 5.26 Å². The zero-order valence-corrected chi connectivity index (χ0v) is 34.8. The molecule has 0 unspecified atom stereocenters. The monoisotopic (exact) mass is 891 g/mol. The Morgan fingerprint density at radius 2 is 1.89 bits per heavy atom. The summed E-state index contributed by atoms with van der Waals surface area (Å²) in [4.78, 5) is 47.8. The van der Waals surface area contributed by atoms with Gasteiger partial charge in [0.1, 0.15) is 23.3 Å². The Morgan fingerprint density at radius 1 is 1.11 bits per heavy atom. The van der Waals surface area contributed by atoms with Crippen LogP contribution in [0.1, 0.15) is 47.1 Å². The Labute approximate surface area is 355 Å². The number of nitrogens with one attached hydrogen (secondary N) is 1.